The molecule has 1 aliphatic heterocycles. The molecule has 0 aliphatic carbocycles. The Morgan fingerprint density at radius 1 is 1.32 bits per heavy atom. The molecule has 2 aromatic rings. The fourth-order valence-corrected chi connectivity index (χ4v) is 3.03. The van der Waals surface area contributed by atoms with Crippen LogP contribution < -0.4 is 5.32 Å². The van der Waals surface area contributed by atoms with Crippen LogP contribution in [0.15, 0.2) is 24.3 Å². The van der Waals surface area contributed by atoms with Gasteiger partial charge >= 0.3 is 0 Å². The fourth-order valence-electron chi connectivity index (χ4n) is 3.03. The first-order valence-corrected chi connectivity index (χ1v) is 8.52. The van der Waals surface area contributed by atoms with Gasteiger partial charge in [-0.2, -0.15) is 5.21 Å². The minimum Gasteiger partial charge on any atom is -0.339 e. The molecular weight excluding hydrogens is 320 g/mol. The van der Waals surface area contributed by atoms with Crippen molar-refractivity contribution in [3.63, 3.8) is 0 Å². The summed E-state index contributed by atoms with van der Waals surface area (Å²) < 4.78 is 0. The van der Waals surface area contributed by atoms with Gasteiger partial charge in [-0.15, -0.1) is 10.2 Å². The van der Waals surface area contributed by atoms with E-state index in [-0.39, 0.29) is 17.9 Å². The Balaban J connectivity index is 1.51. The predicted molar refractivity (Wildman–Crippen MR) is 91.7 cm³/mol. The monoisotopic (exact) mass is 342 g/mol. The molecule has 0 saturated carbocycles. The maximum atomic E-state index is 12.2. The molecule has 132 valence electrons. The van der Waals surface area contributed by atoms with Crippen molar-refractivity contribution in [1.82, 2.24) is 25.5 Å². The number of amides is 2. The number of benzene rings is 1. The van der Waals surface area contributed by atoms with Crippen LogP contribution in [0.1, 0.15) is 44.0 Å². The lowest BCUT2D eigenvalue weighted by Crippen LogP contribution is -2.43. The first-order chi connectivity index (χ1) is 12.1. The second-order valence-corrected chi connectivity index (χ2v) is 6.35. The number of H-pyrrole nitrogens is 1. The van der Waals surface area contributed by atoms with E-state index in [2.05, 4.69) is 25.9 Å². The molecule has 0 radical (unpaired) electrons. The van der Waals surface area contributed by atoms with E-state index in [1.165, 1.54) is 0 Å². The van der Waals surface area contributed by atoms with Gasteiger partial charge < -0.3 is 10.2 Å². The third kappa shape index (κ3) is 4.62. The van der Waals surface area contributed by atoms with E-state index in [0.29, 0.717) is 25.1 Å². The van der Waals surface area contributed by atoms with E-state index in [1.54, 1.807) is 0 Å². The molecule has 8 nitrogen and oxygen atoms in total. The molecule has 25 heavy (non-hydrogen) atoms. The maximum absolute atomic E-state index is 12.2. The second-order valence-electron chi connectivity index (χ2n) is 6.35. The molecule has 1 aliphatic rings. The molecule has 2 heterocycles. The molecule has 0 bridgehead atoms. The Bertz CT molecular complexity index is 713. The highest BCUT2D eigenvalue weighted by molar-refractivity contribution is 5.91. The molecule has 3 rings (SSSR count). The normalized spacial score (nSPS) is 15.9. The zero-order valence-electron chi connectivity index (χ0n) is 14.2. The number of rotatable bonds is 6. The lowest BCUT2D eigenvalue weighted by atomic mass is 10.1. The number of hydrogen-bond donors (Lipinski definition) is 2. The summed E-state index contributed by atoms with van der Waals surface area (Å²) in [5, 5.41) is 16.7. The van der Waals surface area contributed by atoms with Crippen LogP contribution in [0.4, 0.5) is 5.69 Å². The van der Waals surface area contributed by atoms with E-state index in [0.717, 1.165) is 30.6 Å². The largest absolute Gasteiger partial charge is 0.339 e. The van der Waals surface area contributed by atoms with Crippen molar-refractivity contribution in [2.24, 2.45) is 0 Å². The average Bonchev–Trinajstić information content (AvgIpc) is 3.10. The van der Waals surface area contributed by atoms with Crippen LogP contribution in [-0.4, -0.2) is 49.9 Å². The highest BCUT2D eigenvalue weighted by atomic mass is 16.2. The Morgan fingerprint density at radius 3 is 2.80 bits per heavy atom. The number of nitrogens with zero attached hydrogens (tertiary/aromatic N) is 4. The number of carbonyl (C=O) groups is 2. The molecule has 0 spiro atoms. The average molecular weight is 342 g/mol. The van der Waals surface area contributed by atoms with Crippen molar-refractivity contribution in [2.75, 3.05) is 11.9 Å². The Labute approximate surface area is 146 Å². The number of aromatic amines is 1. The van der Waals surface area contributed by atoms with Gasteiger partial charge in [0, 0.05) is 37.5 Å². The topological polar surface area (TPSA) is 104 Å². The van der Waals surface area contributed by atoms with E-state index >= 15 is 0 Å². The number of piperidine rings is 1. The molecule has 1 atom stereocenters. The Hall–Kier alpha value is -2.77. The lowest BCUT2D eigenvalue weighted by Gasteiger charge is -2.32. The van der Waals surface area contributed by atoms with Crippen molar-refractivity contribution in [3.05, 3.63) is 35.7 Å². The molecular formula is C17H22N6O2. The van der Waals surface area contributed by atoms with Crippen LogP contribution in [0.25, 0.3) is 0 Å². The number of aromatic nitrogens is 4. The van der Waals surface area contributed by atoms with Gasteiger partial charge in [-0.1, -0.05) is 17.3 Å². The van der Waals surface area contributed by atoms with Gasteiger partial charge in [0.05, 0.1) is 0 Å². The van der Waals surface area contributed by atoms with E-state index in [1.807, 2.05) is 36.1 Å². The summed E-state index contributed by atoms with van der Waals surface area (Å²) in [5.41, 5.74) is 1.77. The minimum absolute atomic E-state index is 0.0784. The minimum atomic E-state index is -0.0863. The smallest absolute Gasteiger partial charge is 0.226 e. The summed E-state index contributed by atoms with van der Waals surface area (Å²) in [4.78, 5) is 26.0. The van der Waals surface area contributed by atoms with Crippen LogP contribution >= 0.6 is 0 Å². The Kier molecular flexibility index (Phi) is 5.37. The molecule has 8 heteroatoms. The van der Waals surface area contributed by atoms with Crippen LogP contribution in [0, 0.1) is 0 Å². The number of hydrogen-bond acceptors (Lipinski definition) is 5. The third-order valence-corrected chi connectivity index (χ3v) is 4.36. The summed E-state index contributed by atoms with van der Waals surface area (Å²) in [7, 11) is 0. The summed E-state index contributed by atoms with van der Waals surface area (Å²) >= 11 is 0. The van der Waals surface area contributed by atoms with E-state index < -0.39 is 0 Å². The number of tetrazole rings is 1. The fraction of sp³-hybridized carbons (Fsp3) is 0.471. The second kappa shape index (κ2) is 7.87. The summed E-state index contributed by atoms with van der Waals surface area (Å²) in [6.07, 6.45) is 3.44. The first-order valence-electron chi connectivity index (χ1n) is 8.52. The van der Waals surface area contributed by atoms with Gasteiger partial charge in [-0.3, -0.25) is 9.59 Å². The number of likely N-dealkylation sites (tertiary alicyclic amines) is 1. The number of anilines is 1. The van der Waals surface area contributed by atoms with E-state index in [9.17, 15) is 9.59 Å². The summed E-state index contributed by atoms with van der Waals surface area (Å²) in [6.45, 7) is 2.68. The molecule has 2 N–H and O–H groups in total. The highest BCUT2D eigenvalue weighted by Gasteiger charge is 2.24. The molecule has 1 aromatic carbocycles. The van der Waals surface area contributed by atoms with Gasteiger partial charge in [-0.25, -0.2) is 0 Å². The third-order valence-electron chi connectivity index (χ3n) is 4.36. The van der Waals surface area contributed by atoms with Gasteiger partial charge in [0.15, 0.2) is 5.82 Å². The molecule has 1 saturated heterocycles. The van der Waals surface area contributed by atoms with Gasteiger partial charge in [0.2, 0.25) is 11.8 Å². The number of carbonyl (C=O) groups excluding carboxylic acids is 2. The van der Waals surface area contributed by atoms with Crippen molar-refractivity contribution in [3.8, 4) is 0 Å². The highest BCUT2D eigenvalue weighted by Crippen LogP contribution is 2.17. The zero-order chi connectivity index (χ0) is 17.6. The zero-order valence-corrected chi connectivity index (χ0v) is 14.2. The van der Waals surface area contributed by atoms with Crippen LogP contribution in [0.3, 0.4) is 0 Å². The van der Waals surface area contributed by atoms with Crippen molar-refractivity contribution in [2.45, 2.75) is 45.1 Å². The summed E-state index contributed by atoms with van der Waals surface area (Å²) in [6, 6.07) is 7.46. The standard InChI is InChI=1S/C17H22N6O2/c1-12(23-9-3-2-4-17(23)25)10-16(24)18-14-7-5-13(6-8-14)11-15-19-21-22-20-15/h5-8,12H,2-4,9-11H2,1H3,(H,18,24)(H,19,20,21,22). The van der Waals surface area contributed by atoms with Gasteiger partial charge in [-0.05, 0) is 37.5 Å². The first kappa shape index (κ1) is 17.1. The molecule has 1 unspecified atom stereocenters. The molecule has 1 aromatic heterocycles. The molecule has 2 amide bonds. The van der Waals surface area contributed by atoms with Gasteiger partial charge in [0.25, 0.3) is 0 Å². The maximum Gasteiger partial charge on any atom is 0.226 e. The van der Waals surface area contributed by atoms with Crippen molar-refractivity contribution < 1.29 is 9.59 Å². The van der Waals surface area contributed by atoms with Crippen LogP contribution in [-0.2, 0) is 16.0 Å². The SMILES string of the molecule is CC(CC(=O)Nc1ccc(Cc2nn[nH]n2)cc1)N1CCCCC1=O. The van der Waals surface area contributed by atoms with Crippen molar-refractivity contribution >= 4 is 17.5 Å². The Morgan fingerprint density at radius 2 is 2.12 bits per heavy atom. The van der Waals surface area contributed by atoms with E-state index in [4.69, 9.17) is 0 Å². The quantitative estimate of drug-likeness (QED) is 0.828. The number of nitrogens with one attached hydrogen (secondary N) is 2. The molecule has 1 fully saturated rings. The lowest BCUT2D eigenvalue weighted by molar-refractivity contribution is -0.136. The predicted octanol–water partition coefficient (Wildman–Crippen LogP) is 1.52. The van der Waals surface area contributed by atoms with Crippen LogP contribution in [0.2, 0.25) is 0 Å². The summed E-state index contributed by atoms with van der Waals surface area (Å²) in [5.74, 6) is 0.686. The van der Waals surface area contributed by atoms with Crippen molar-refractivity contribution in [1.29, 1.82) is 0 Å². The van der Waals surface area contributed by atoms with Gasteiger partial charge in [0.1, 0.15) is 0 Å². The van der Waals surface area contributed by atoms with Crippen LogP contribution in [0.5, 0.6) is 0 Å².